The van der Waals surface area contributed by atoms with E-state index in [4.69, 9.17) is 23.7 Å². The Morgan fingerprint density at radius 2 is 1.34 bits per heavy atom. The van der Waals surface area contributed by atoms with Crippen molar-refractivity contribution in [1.82, 2.24) is 4.57 Å². The first-order valence-electron chi connectivity index (χ1n) is 13.5. The number of rotatable bonds is 9. The molecule has 218 valence electrons. The van der Waals surface area contributed by atoms with E-state index in [2.05, 4.69) is 31.2 Å². The molecule has 3 aromatic rings. The number of hydrogen-bond acceptors (Lipinski definition) is 9. The Kier molecular flexibility index (Phi) is 9.44. The summed E-state index contributed by atoms with van der Waals surface area (Å²) in [6, 6.07) is 16.1. The van der Waals surface area contributed by atoms with Gasteiger partial charge in [0.2, 0.25) is 0 Å². The van der Waals surface area contributed by atoms with Gasteiger partial charge >= 0.3 is 23.9 Å². The number of para-hydroxylation sites is 1. The van der Waals surface area contributed by atoms with Gasteiger partial charge in [-0.1, -0.05) is 49.4 Å². The van der Waals surface area contributed by atoms with Crippen molar-refractivity contribution in [3.05, 3.63) is 71.4 Å². The third-order valence-corrected chi connectivity index (χ3v) is 6.89. The highest BCUT2D eigenvalue weighted by atomic mass is 16.7. The van der Waals surface area contributed by atoms with Crippen LogP contribution in [-0.4, -0.2) is 59.5 Å². The molecule has 4 rings (SSSR count). The first-order chi connectivity index (χ1) is 19.6. The van der Waals surface area contributed by atoms with Crippen molar-refractivity contribution < 1.29 is 42.9 Å². The summed E-state index contributed by atoms with van der Waals surface area (Å²) in [4.78, 5) is 48.3. The van der Waals surface area contributed by atoms with E-state index in [0.29, 0.717) is 6.42 Å². The highest BCUT2D eigenvalue weighted by Crippen LogP contribution is 2.38. The Balaban J connectivity index is 1.82. The average molecular weight is 566 g/mol. The molecule has 1 fully saturated rings. The van der Waals surface area contributed by atoms with Crippen LogP contribution in [0.3, 0.4) is 0 Å². The molecular formula is C31H35NO9. The Hall–Kier alpha value is -4.18. The molecule has 5 unspecified atom stereocenters. The van der Waals surface area contributed by atoms with Gasteiger partial charge in [-0.3, -0.25) is 19.2 Å². The topological polar surface area (TPSA) is 119 Å². The van der Waals surface area contributed by atoms with Gasteiger partial charge in [-0.2, -0.15) is 0 Å². The van der Waals surface area contributed by atoms with E-state index in [1.54, 1.807) is 0 Å². The zero-order valence-electron chi connectivity index (χ0n) is 23.8. The Morgan fingerprint density at radius 1 is 0.756 bits per heavy atom. The fourth-order valence-corrected chi connectivity index (χ4v) is 5.17. The van der Waals surface area contributed by atoms with E-state index in [1.165, 1.54) is 33.3 Å². The molecule has 5 atom stereocenters. The number of fused-ring (bicyclic) bond motifs is 1. The lowest BCUT2D eigenvalue weighted by Gasteiger charge is -2.44. The standard InChI is InChI=1S/C31H35NO9/c1-6-22-11-13-23(14-12-22)15-24-16-32(26-10-8-7-9-25(24)26)31-30(40-21(5)36)29(39-20(4)35)28(38-19(3)34)27(41-31)17-37-18(2)33/h7-14,16,27-31H,6,15,17H2,1-5H3. The largest absolute Gasteiger partial charge is 0.463 e. The summed E-state index contributed by atoms with van der Waals surface area (Å²) in [7, 11) is 0. The minimum atomic E-state index is -1.24. The average Bonchev–Trinajstić information content (AvgIpc) is 3.27. The zero-order chi connectivity index (χ0) is 29.7. The van der Waals surface area contributed by atoms with E-state index in [1.807, 2.05) is 35.0 Å². The highest BCUT2D eigenvalue weighted by Gasteiger charge is 2.53. The summed E-state index contributed by atoms with van der Waals surface area (Å²) < 4.78 is 30.3. The second-order valence-electron chi connectivity index (χ2n) is 10.0. The van der Waals surface area contributed by atoms with Gasteiger partial charge in [0.1, 0.15) is 12.7 Å². The zero-order valence-corrected chi connectivity index (χ0v) is 23.8. The van der Waals surface area contributed by atoms with Crippen LogP contribution in [0.1, 0.15) is 57.5 Å². The fraction of sp³-hybridized carbons (Fsp3) is 0.419. The summed E-state index contributed by atoms with van der Waals surface area (Å²) >= 11 is 0. The molecule has 0 bridgehead atoms. The fourth-order valence-electron chi connectivity index (χ4n) is 5.17. The van der Waals surface area contributed by atoms with Gasteiger partial charge in [-0.05, 0) is 35.6 Å². The molecule has 0 spiro atoms. The lowest BCUT2D eigenvalue weighted by molar-refractivity contribution is -0.267. The summed E-state index contributed by atoms with van der Waals surface area (Å²) in [5.41, 5.74) is 4.15. The molecule has 1 aliphatic rings. The van der Waals surface area contributed by atoms with Crippen molar-refractivity contribution in [2.75, 3.05) is 6.61 Å². The molecule has 10 nitrogen and oxygen atoms in total. The SMILES string of the molecule is CCc1ccc(Cc2cn(C3OC(COC(C)=O)C(OC(C)=O)C(OC(C)=O)C3OC(C)=O)c3ccccc23)cc1. The molecule has 1 aromatic heterocycles. The van der Waals surface area contributed by atoms with Gasteiger partial charge in [-0.25, -0.2) is 0 Å². The van der Waals surface area contributed by atoms with Crippen LogP contribution < -0.4 is 0 Å². The normalized spacial score (nSPS) is 22.1. The van der Waals surface area contributed by atoms with Crippen LogP contribution in [0, 0.1) is 0 Å². The molecule has 41 heavy (non-hydrogen) atoms. The van der Waals surface area contributed by atoms with Crippen LogP contribution in [0.15, 0.2) is 54.7 Å². The van der Waals surface area contributed by atoms with E-state index in [0.717, 1.165) is 28.5 Å². The number of nitrogens with zero attached hydrogens (tertiary/aromatic N) is 1. The molecule has 1 aliphatic heterocycles. The van der Waals surface area contributed by atoms with Crippen molar-refractivity contribution in [1.29, 1.82) is 0 Å². The third kappa shape index (κ3) is 7.13. The molecule has 2 heterocycles. The lowest BCUT2D eigenvalue weighted by atomic mass is 9.97. The van der Waals surface area contributed by atoms with Crippen molar-refractivity contribution in [3.8, 4) is 0 Å². The van der Waals surface area contributed by atoms with Gasteiger partial charge in [0.05, 0.1) is 5.52 Å². The van der Waals surface area contributed by atoms with Crippen molar-refractivity contribution in [3.63, 3.8) is 0 Å². The lowest BCUT2D eigenvalue weighted by Crippen LogP contribution is -2.60. The van der Waals surface area contributed by atoms with Gasteiger partial charge in [0.15, 0.2) is 24.5 Å². The predicted octanol–water partition coefficient (Wildman–Crippen LogP) is 4.05. The van der Waals surface area contributed by atoms with Crippen LogP contribution in [-0.2, 0) is 55.7 Å². The highest BCUT2D eigenvalue weighted by molar-refractivity contribution is 5.84. The van der Waals surface area contributed by atoms with Crippen LogP contribution in [0.5, 0.6) is 0 Å². The van der Waals surface area contributed by atoms with E-state index in [-0.39, 0.29) is 6.61 Å². The van der Waals surface area contributed by atoms with Gasteiger partial charge in [0, 0.05) is 39.3 Å². The van der Waals surface area contributed by atoms with Gasteiger partial charge in [-0.15, -0.1) is 0 Å². The number of aryl methyl sites for hydroxylation is 1. The predicted molar refractivity (Wildman–Crippen MR) is 148 cm³/mol. The smallest absolute Gasteiger partial charge is 0.303 e. The van der Waals surface area contributed by atoms with E-state index >= 15 is 0 Å². The summed E-state index contributed by atoms with van der Waals surface area (Å²) in [6.45, 7) is 6.69. The molecule has 0 aliphatic carbocycles. The number of benzene rings is 2. The van der Waals surface area contributed by atoms with E-state index in [9.17, 15) is 19.2 Å². The Bertz CT molecular complexity index is 1410. The maximum absolute atomic E-state index is 12.3. The number of carbonyl (C=O) groups excluding carboxylic acids is 4. The number of esters is 4. The number of aromatic nitrogens is 1. The quantitative estimate of drug-likeness (QED) is 0.280. The first kappa shape index (κ1) is 29.8. The molecule has 10 heteroatoms. The number of hydrogen-bond donors (Lipinski definition) is 0. The van der Waals surface area contributed by atoms with Crippen LogP contribution in [0.2, 0.25) is 0 Å². The van der Waals surface area contributed by atoms with Crippen LogP contribution >= 0.6 is 0 Å². The maximum Gasteiger partial charge on any atom is 0.303 e. The molecule has 2 aromatic carbocycles. The summed E-state index contributed by atoms with van der Waals surface area (Å²) in [6.07, 6.45) is -2.21. The number of ether oxygens (including phenoxy) is 5. The second-order valence-corrected chi connectivity index (χ2v) is 10.0. The van der Waals surface area contributed by atoms with Crippen molar-refractivity contribution in [2.24, 2.45) is 0 Å². The van der Waals surface area contributed by atoms with Crippen LogP contribution in [0.4, 0.5) is 0 Å². The molecular weight excluding hydrogens is 530 g/mol. The van der Waals surface area contributed by atoms with Gasteiger partial charge < -0.3 is 28.3 Å². The molecule has 0 radical (unpaired) electrons. The first-order valence-corrected chi connectivity index (χ1v) is 13.5. The Morgan fingerprint density at radius 3 is 1.95 bits per heavy atom. The van der Waals surface area contributed by atoms with Gasteiger partial charge in [0.25, 0.3) is 0 Å². The monoisotopic (exact) mass is 565 g/mol. The Labute approximate surface area is 238 Å². The maximum atomic E-state index is 12.3. The van der Waals surface area contributed by atoms with Crippen LogP contribution in [0.25, 0.3) is 10.9 Å². The molecule has 0 saturated carbocycles. The third-order valence-electron chi connectivity index (χ3n) is 6.89. The minimum absolute atomic E-state index is 0.288. The van der Waals surface area contributed by atoms with E-state index < -0.39 is 54.5 Å². The number of carbonyl (C=O) groups is 4. The summed E-state index contributed by atoms with van der Waals surface area (Å²) in [5, 5.41) is 0.958. The van der Waals surface area contributed by atoms with Crippen molar-refractivity contribution in [2.45, 2.75) is 78.1 Å². The summed E-state index contributed by atoms with van der Waals surface area (Å²) in [5.74, 6) is -2.56. The second kappa shape index (κ2) is 13.0. The molecule has 0 amide bonds. The minimum Gasteiger partial charge on any atom is -0.463 e. The molecule has 0 N–H and O–H groups in total. The van der Waals surface area contributed by atoms with Crippen molar-refractivity contribution >= 4 is 34.8 Å². The molecule has 1 saturated heterocycles.